The molecule has 0 atom stereocenters. The topological polar surface area (TPSA) is 109 Å². The molecule has 0 aromatic carbocycles. The zero-order valence-corrected chi connectivity index (χ0v) is 13.3. The Balaban J connectivity index is 2.13. The first-order valence-corrected chi connectivity index (χ1v) is 8.01. The predicted molar refractivity (Wildman–Crippen MR) is 83.9 cm³/mol. The first-order chi connectivity index (χ1) is 11.2. The minimum atomic E-state index is -0.573. The van der Waals surface area contributed by atoms with Crippen LogP contribution in [0.4, 0.5) is 0 Å². The zero-order chi connectivity index (χ0) is 16.7. The largest absolute Gasteiger partial charge is 0.465 e. The summed E-state index contributed by atoms with van der Waals surface area (Å²) in [5, 5.41) is 9.32. The van der Waals surface area contributed by atoms with Crippen LogP contribution >= 0.6 is 11.8 Å². The van der Waals surface area contributed by atoms with Crippen LogP contribution in [0.1, 0.15) is 25.3 Å². The van der Waals surface area contributed by atoms with Crippen LogP contribution in [0.5, 0.6) is 0 Å². The van der Waals surface area contributed by atoms with Crippen molar-refractivity contribution in [3.8, 4) is 17.5 Å². The number of hydrogen-bond acceptors (Lipinski definition) is 7. The molecule has 0 aliphatic carbocycles. The number of rotatable bonds is 7. The Morgan fingerprint density at radius 2 is 2.39 bits per heavy atom. The van der Waals surface area contributed by atoms with Crippen molar-refractivity contribution in [1.82, 2.24) is 9.97 Å². The molecular weight excluding hydrogens is 318 g/mol. The van der Waals surface area contributed by atoms with Gasteiger partial charge in [0.2, 0.25) is 0 Å². The highest BCUT2D eigenvalue weighted by Crippen LogP contribution is 2.22. The summed E-state index contributed by atoms with van der Waals surface area (Å²) >= 11 is 1.04. The molecule has 7 nitrogen and oxygen atoms in total. The summed E-state index contributed by atoms with van der Waals surface area (Å²) in [4.78, 5) is 30.2. The highest BCUT2D eigenvalue weighted by atomic mass is 32.2. The number of ether oxygens (including phenoxy) is 1. The third-order valence-corrected chi connectivity index (χ3v) is 3.70. The van der Waals surface area contributed by atoms with Crippen LogP contribution in [-0.2, 0) is 9.53 Å². The summed E-state index contributed by atoms with van der Waals surface area (Å²) in [5.41, 5.74) is -0.548. The summed E-state index contributed by atoms with van der Waals surface area (Å²) in [6.45, 7) is 2.38. The lowest BCUT2D eigenvalue weighted by atomic mass is 10.2. The summed E-state index contributed by atoms with van der Waals surface area (Å²) in [6, 6.07) is 5.05. The van der Waals surface area contributed by atoms with E-state index in [0.717, 1.165) is 24.6 Å². The Labute approximate surface area is 136 Å². The van der Waals surface area contributed by atoms with E-state index in [4.69, 9.17) is 14.4 Å². The average molecular weight is 333 g/mol. The van der Waals surface area contributed by atoms with E-state index in [2.05, 4.69) is 9.97 Å². The van der Waals surface area contributed by atoms with Gasteiger partial charge in [-0.25, -0.2) is 4.98 Å². The van der Waals surface area contributed by atoms with E-state index >= 15 is 0 Å². The number of nitrogens with one attached hydrogen (secondary N) is 1. The molecule has 2 aromatic heterocycles. The van der Waals surface area contributed by atoms with E-state index in [1.54, 1.807) is 12.1 Å². The number of aromatic amines is 1. The van der Waals surface area contributed by atoms with E-state index in [1.807, 2.05) is 13.0 Å². The van der Waals surface area contributed by atoms with E-state index in [9.17, 15) is 9.59 Å². The van der Waals surface area contributed by atoms with Crippen LogP contribution < -0.4 is 5.56 Å². The Bertz CT molecular complexity index is 762. The van der Waals surface area contributed by atoms with Crippen molar-refractivity contribution in [3.05, 3.63) is 34.3 Å². The minimum Gasteiger partial charge on any atom is -0.465 e. The molecule has 0 amide bonds. The molecule has 0 saturated carbocycles. The van der Waals surface area contributed by atoms with Crippen molar-refractivity contribution in [2.24, 2.45) is 0 Å². The Morgan fingerprint density at radius 1 is 1.57 bits per heavy atom. The number of esters is 1. The lowest BCUT2D eigenvalue weighted by molar-refractivity contribution is -0.140. The normalized spacial score (nSPS) is 10.3. The second-order valence-corrected chi connectivity index (χ2v) is 5.51. The summed E-state index contributed by atoms with van der Waals surface area (Å²) < 4.78 is 10.2. The van der Waals surface area contributed by atoms with Crippen LogP contribution in [0.3, 0.4) is 0 Å². The zero-order valence-electron chi connectivity index (χ0n) is 12.5. The summed E-state index contributed by atoms with van der Waals surface area (Å²) in [6.07, 6.45) is 3.18. The monoisotopic (exact) mass is 333 g/mol. The van der Waals surface area contributed by atoms with Gasteiger partial charge in [-0.2, -0.15) is 5.26 Å². The van der Waals surface area contributed by atoms with Crippen LogP contribution in [-0.4, -0.2) is 28.3 Å². The maximum atomic E-state index is 12.0. The molecule has 8 heteroatoms. The molecule has 2 heterocycles. The highest BCUT2D eigenvalue weighted by Gasteiger charge is 2.16. The maximum absolute atomic E-state index is 12.0. The average Bonchev–Trinajstić information content (AvgIpc) is 3.07. The van der Waals surface area contributed by atoms with Gasteiger partial charge in [0, 0.05) is 0 Å². The van der Waals surface area contributed by atoms with E-state index in [-0.39, 0.29) is 28.1 Å². The molecule has 2 rings (SSSR count). The van der Waals surface area contributed by atoms with Gasteiger partial charge < -0.3 is 14.1 Å². The molecule has 0 saturated heterocycles. The second kappa shape index (κ2) is 8.19. The number of unbranched alkanes of at least 4 members (excludes halogenated alkanes) is 1. The number of nitrogens with zero attached hydrogens (tertiary/aromatic N) is 2. The fourth-order valence-corrected chi connectivity index (χ4v) is 2.37. The van der Waals surface area contributed by atoms with Crippen LogP contribution in [0.2, 0.25) is 0 Å². The van der Waals surface area contributed by atoms with Crippen molar-refractivity contribution in [2.45, 2.75) is 24.9 Å². The Morgan fingerprint density at radius 3 is 3.04 bits per heavy atom. The second-order valence-electron chi connectivity index (χ2n) is 4.55. The number of nitriles is 1. The number of thioether (sulfide) groups is 1. The number of furan rings is 1. The highest BCUT2D eigenvalue weighted by molar-refractivity contribution is 7.99. The predicted octanol–water partition coefficient (Wildman–Crippen LogP) is 2.34. The fraction of sp³-hybridized carbons (Fsp3) is 0.333. The van der Waals surface area contributed by atoms with E-state index in [0.29, 0.717) is 12.4 Å². The Kier molecular flexibility index (Phi) is 6.00. The van der Waals surface area contributed by atoms with Gasteiger partial charge in [0.25, 0.3) is 5.56 Å². The molecule has 0 aliphatic rings. The SMILES string of the molecule is CCCCOC(=O)CSc1nc(-c2ccco2)c(C#N)c(=O)[nH]1. The van der Waals surface area contributed by atoms with Crippen LogP contribution in [0, 0.1) is 11.3 Å². The van der Waals surface area contributed by atoms with Crippen molar-refractivity contribution < 1.29 is 13.9 Å². The van der Waals surface area contributed by atoms with E-state index < -0.39 is 5.56 Å². The molecular formula is C15H15N3O4S. The van der Waals surface area contributed by atoms with Gasteiger partial charge in [0.15, 0.2) is 10.9 Å². The summed E-state index contributed by atoms with van der Waals surface area (Å²) in [5.74, 6) is -0.0362. The van der Waals surface area contributed by atoms with Crippen molar-refractivity contribution in [2.75, 3.05) is 12.4 Å². The van der Waals surface area contributed by atoms with E-state index in [1.165, 1.54) is 6.26 Å². The van der Waals surface area contributed by atoms with Gasteiger partial charge >= 0.3 is 5.97 Å². The molecule has 1 N–H and O–H groups in total. The lowest BCUT2D eigenvalue weighted by Crippen LogP contribution is -2.15. The standard InChI is InChI=1S/C15H15N3O4S/c1-2-3-6-22-12(19)9-23-15-17-13(11-5-4-7-21-11)10(8-16)14(20)18-15/h4-5,7H,2-3,6,9H2,1H3,(H,17,18,20). The van der Waals surface area contributed by atoms with Gasteiger partial charge in [-0.15, -0.1) is 0 Å². The lowest BCUT2D eigenvalue weighted by Gasteiger charge is -2.05. The van der Waals surface area contributed by atoms with Crippen LogP contribution in [0.15, 0.2) is 32.8 Å². The molecule has 0 radical (unpaired) electrons. The minimum absolute atomic E-state index is 0.0240. The van der Waals surface area contributed by atoms with Crippen molar-refractivity contribution >= 4 is 17.7 Å². The maximum Gasteiger partial charge on any atom is 0.316 e. The number of carbonyl (C=O) groups is 1. The molecule has 0 bridgehead atoms. The third-order valence-electron chi connectivity index (χ3n) is 2.85. The Hall–Kier alpha value is -2.53. The first kappa shape index (κ1) is 16.8. The molecule has 0 spiro atoms. The molecule has 2 aromatic rings. The molecule has 0 unspecified atom stereocenters. The number of carbonyl (C=O) groups excluding carboxylic acids is 1. The smallest absolute Gasteiger partial charge is 0.316 e. The van der Waals surface area contributed by atoms with Gasteiger partial charge in [0.05, 0.1) is 18.6 Å². The van der Waals surface area contributed by atoms with Crippen LogP contribution in [0.25, 0.3) is 11.5 Å². The first-order valence-electron chi connectivity index (χ1n) is 7.02. The van der Waals surface area contributed by atoms with Gasteiger partial charge in [0.1, 0.15) is 17.3 Å². The van der Waals surface area contributed by atoms with Crippen molar-refractivity contribution in [1.29, 1.82) is 5.26 Å². The van der Waals surface area contributed by atoms with Crippen molar-refractivity contribution in [3.63, 3.8) is 0 Å². The molecule has 120 valence electrons. The fourth-order valence-electron chi connectivity index (χ4n) is 1.72. The molecule has 0 fully saturated rings. The quantitative estimate of drug-likeness (QED) is 0.358. The third kappa shape index (κ3) is 4.47. The van der Waals surface area contributed by atoms with Gasteiger partial charge in [-0.05, 0) is 18.6 Å². The number of aromatic nitrogens is 2. The molecule has 0 aliphatic heterocycles. The van der Waals surface area contributed by atoms with Gasteiger partial charge in [-0.1, -0.05) is 25.1 Å². The number of H-pyrrole nitrogens is 1. The van der Waals surface area contributed by atoms with Gasteiger partial charge in [-0.3, -0.25) is 9.59 Å². The molecule has 23 heavy (non-hydrogen) atoms. The summed E-state index contributed by atoms with van der Waals surface area (Å²) in [7, 11) is 0. The number of hydrogen-bond donors (Lipinski definition) is 1.